The normalized spacial score (nSPS) is 48.4. The lowest BCUT2D eigenvalue weighted by atomic mass is 9.59. The number of benzene rings is 2. The zero-order chi connectivity index (χ0) is 24.4. The summed E-state index contributed by atoms with van der Waals surface area (Å²) in [6.07, 6.45) is 19.5. The summed E-state index contributed by atoms with van der Waals surface area (Å²) in [7, 11) is 0. The highest BCUT2D eigenvalue weighted by Gasteiger charge is 2.68. The number of rotatable bonds is 0. The number of fused-ring (bicyclic) bond motifs is 5. The van der Waals surface area contributed by atoms with Gasteiger partial charge in [0, 0.05) is 23.7 Å². The van der Waals surface area contributed by atoms with Gasteiger partial charge in [-0.3, -0.25) is 0 Å². The van der Waals surface area contributed by atoms with Gasteiger partial charge in [0.25, 0.3) is 0 Å². The first-order chi connectivity index (χ1) is 19.9. The molecular weight excluding hydrogens is 480 g/mol. The smallest absolute Gasteiger partial charge is 0.00615 e. The minimum Gasteiger partial charge on any atom is -0.0836 e. The third kappa shape index (κ3) is 1.23. The second kappa shape index (κ2) is 4.73. The summed E-state index contributed by atoms with van der Waals surface area (Å²) < 4.78 is 0. The minimum absolute atomic E-state index is 0.697. The molecule has 12 atom stereocenters. The molecule has 0 heterocycles. The van der Waals surface area contributed by atoms with Crippen LogP contribution in [0.4, 0.5) is 0 Å². The average molecular weight is 509 g/mol. The molecule has 0 radical (unpaired) electrons. The summed E-state index contributed by atoms with van der Waals surface area (Å²) in [4.78, 5) is 0. The number of hydrogen-bond donors (Lipinski definition) is 0. The highest BCUT2D eigenvalue weighted by atomic mass is 14.7. The molecule has 0 aromatic heterocycles. The molecule has 2 fully saturated rings. The molecule has 0 bridgehead atoms. The molecule has 14 aliphatic carbocycles. The standard InChI is InChI=1S/C40H28/c1-2-12-14-5-6-16-18-9-10-20-19-8-7-17-15-4-3-13-11(1)21-22(12)32-24(14)26(16)34-29(18)30(20)35-28(19)27(17)33-25(15)23(13)31(21)36-37(32)39(34)40(35)38(33)36/h1-4,11-13,15,18,20-23,25,29-30H,5-10H2. The Labute approximate surface area is 232 Å². The Morgan fingerprint density at radius 2 is 0.875 bits per heavy atom. The number of allylic oxidation sites excluding steroid dienone is 5. The van der Waals surface area contributed by atoms with Crippen molar-refractivity contribution < 1.29 is 0 Å². The largest absolute Gasteiger partial charge is 0.0836 e. The van der Waals surface area contributed by atoms with Crippen molar-refractivity contribution in [2.75, 3.05) is 0 Å². The summed E-state index contributed by atoms with van der Waals surface area (Å²) in [6, 6.07) is 0. The predicted molar refractivity (Wildman–Crippen MR) is 155 cm³/mol. The van der Waals surface area contributed by atoms with E-state index in [9.17, 15) is 0 Å². The fourth-order valence-electron chi connectivity index (χ4n) is 16.3. The van der Waals surface area contributed by atoms with Crippen LogP contribution in [0, 0.1) is 47.3 Å². The van der Waals surface area contributed by atoms with Crippen LogP contribution < -0.4 is 20.9 Å². The Morgan fingerprint density at radius 1 is 0.425 bits per heavy atom. The highest BCUT2D eigenvalue weighted by Crippen LogP contribution is 2.77. The fraction of sp³-hybridized carbons (Fsp3) is 0.450. The maximum atomic E-state index is 2.79. The monoisotopic (exact) mass is 508 g/mol. The second-order valence-corrected chi connectivity index (χ2v) is 16.5. The van der Waals surface area contributed by atoms with Gasteiger partial charge in [-0.05, 0) is 157 Å². The molecule has 0 spiro atoms. The van der Waals surface area contributed by atoms with E-state index in [0.29, 0.717) is 11.8 Å². The summed E-state index contributed by atoms with van der Waals surface area (Å²) >= 11 is 0. The Morgan fingerprint density at radius 3 is 1.40 bits per heavy atom. The molecule has 16 rings (SSSR count). The van der Waals surface area contributed by atoms with E-state index in [0.717, 1.165) is 59.2 Å². The van der Waals surface area contributed by atoms with E-state index >= 15 is 0 Å². The molecular formula is C40H28. The highest BCUT2D eigenvalue weighted by molar-refractivity contribution is 6.12. The van der Waals surface area contributed by atoms with Gasteiger partial charge in [0.15, 0.2) is 0 Å². The van der Waals surface area contributed by atoms with E-state index in [4.69, 9.17) is 0 Å². The van der Waals surface area contributed by atoms with Gasteiger partial charge in [-0.1, -0.05) is 52.2 Å². The van der Waals surface area contributed by atoms with Crippen LogP contribution in [0.3, 0.4) is 0 Å². The fourth-order valence-corrected chi connectivity index (χ4v) is 16.3. The maximum Gasteiger partial charge on any atom is 0.00615 e. The Bertz CT molecular complexity index is 2180. The van der Waals surface area contributed by atoms with E-state index < -0.39 is 0 Å². The van der Waals surface area contributed by atoms with E-state index in [1.807, 2.05) is 98.8 Å². The van der Waals surface area contributed by atoms with Crippen molar-refractivity contribution in [2.24, 2.45) is 47.3 Å². The molecule has 0 N–H and O–H groups in total. The third-order valence-electron chi connectivity index (χ3n) is 16.5. The average Bonchev–Trinajstić information content (AvgIpc) is 3.79. The molecule has 2 saturated carbocycles. The van der Waals surface area contributed by atoms with Crippen LogP contribution in [0.2, 0.25) is 0 Å². The first-order valence-corrected chi connectivity index (χ1v) is 17.0. The molecule has 188 valence electrons. The maximum absolute atomic E-state index is 2.79. The van der Waals surface area contributed by atoms with E-state index in [2.05, 4.69) is 24.3 Å². The van der Waals surface area contributed by atoms with Crippen molar-refractivity contribution in [1.29, 1.82) is 0 Å². The molecule has 2 aromatic carbocycles. The topological polar surface area (TPSA) is 0 Å². The van der Waals surface area contributed by atoms with Crippen LogP contribution in [0.5, 0.6) is 0 Å². The lowest BCUT2D eigenvalue weighted by Crippen LogP contribution is -2.39. The van der Waals surface area contributed by atoms with Crippen molar-refractivity contribution in [3.63, 3.8) is 0 Å². The van der Waals surface area contributed by atoms with E-state index in [-0.39, 0.29) is 0 Å². The van der Waals surface area contributed by atoms with Gasteiger partial charge in [-0.25, -0.2) is 0 Å². The first kappa shape index (κ1) is 17.8. The summed E-state index contributed by atoms with van der Waals surface area (Å²) in [6.45, 7) is 0. The van der Waals surface area contributed by atoms with Crippen molar-refractivity contribution in [3.8, 4) is 11.1 Å². The van der Waals surface area contributed by atoms with Crippen LogP contribution in [0.15, 0.2) is 29.9 Å². The molecule has 40 heavy (non-hydrogen) atoms. The molecule has 2 aromatic rings. The van der Waals surface area contributed by atoms with Gasteiger partial charge < -0.3 is 0 Å². The van der Waals surface area contributed by atoms with Gasteiger partial charge in [-0.15, -0.1) is 0 Å². The van der Waals surface area contributed by atoms with Gasteiger partial charge >= 0.3 is 0 Å². The quantitative estimate of drug-likeness (QED) is 0.377. The molecule has 0 heteroatoms. The zero-order valence-corrected chi connectivity index (χ0v) is 22.5. The molecule has 0 aliphatic heterocycles. The SMILES string of the molecule is C1=CC2C3C=CC4C5=c6c7c8c9c%10c6=C(CC5)C5CCC6C%11=c%12c(c-9c9c%13c%12=C(CC%11)C1C%13C2C(=C98)C3C74)C6C%105. The molecule has 0 saturated heterocycles. The van der Waals surface area contributed by atoms with Gasteiger partial charge in [0.1, 0.15) is 0 Å². The van der Waals surface area contributed by atoms with E-state index in [1.54, 1.807) is 0 Å². The Hall–Kier alpha value is -2.86. The van der Waals surface area contributed by atoms with Crippen molar-refractivity contribution in [1.82, 2.24) is 0 Å². The molecule has 14 aliphatic rings. The van der Waals surface area contributed by atoms with Crippen molar-refractivity contribution >= 4 is 27.9 Å². The summed E-state index contributed by atoms with van der Waals surface area (Å²) in [5.74, 6) is 9.22. The first-order valence-electron chi connectivity index (χ1n) is 17.0. The van der Waals surface area contributed by atoms with Crippen LogP contribution in [-0.4, -0.2) is 0 Å². The van der Waals surface area contributed by atoms with Crippen LogP contribution in [0.1, 0.15) is 95.6 Å². The Kier molecular flexibility index (Phi) is 2.11. The van der Waals surface area contributed by atoms with Gasteiger partial charge in [0.05, 0.1) is 0 Å². The number of hydrogen-bond acceptors (Lipinski definition) is 0. The second-order valence-electron chi connectivity index (χ2n) is 16.5. The third-order valence-corrected chi connectivity index (χ3v) is 16.5. The van der Waals surface area contributed by atoms with Crippen LogP contribution in [0.25, 0.3) is 39.0 Å². The Balaban J connectivity index is 1.30. The van der Waals surface area contributed by atoms with Crippen molar-refractivity contribution in [3.05, 3.63) is 84.1 Å². The zero-order valence-electron chi connectivity index (χ0n) is 22.5. The summed E-state index contributed by atoms with van der Waals surface area (Å²) in [5.41, 5.74) is 26.7. The van der Waals surface area contributed by atoms with Gasteiger partial charge in [-0.2, -0.15) is 0 Å². The summed E-state index contributed by atoms with van der Waals surface area (Å²) in [5, 5.41) is 7.51. The van der Waals surface area contributed by atoms with Crippen LogP contribution >= 0.6 is 0 Å². The predicted octanol–water partition coefficient (Wildman–Crippen LogP) is 4.97. The van der Waals surface area contributed by atoms with Crippen LogP contribution in [-0.2, 0) is 0 Å². The molecule has 0 amide bonds. The van der Waals surface area contributed by atoms with Gasteiger partial charge in [0.2, 0.25) is 0 Å². The minimum atomic E-state index is 0.697. The molecule has 12 unspecified atom stereocenters. The van der Waals surface area contributed by atoms with Crippen molar-refractivity contribution in [2.45, 2.75) is 62.2 Å². The lowest BCUT2D eigenvalue weighted by molar-refractivity contribution is 0.281. The lowest BCUT2D eigenvalue weighted by Gasteiger charge is -2.44. The van der Waals surface area contributed by atoms with E-state index in [1.165, 1.54) is 38.5 Å². The molecule has 0 nitrogen and oxygen atoms in total.